The first-order chi connectivity index (χ1) is 13.0. The average molecular weight is 413 g/mol. The molecule has 28 heavy (non-hydrogen) atoms. The number of likely N-dealkylation sites (tertiary alicyclic amines) is 1. The normalized spacial score (nSPS) is 22.8. The Hall–Kier alpha value is -2.06. The van der Waals surface area contributed by atoms with Crippen LogP contribution in [0.15, 0.2) is 22.8 Å². The van der Waals surface area contributed by atoms with E-state index in [0.717, 1.165) is 32.2 Å². The molecule has 3 rings (SSSR count). The van der Waals surface area contributed by atoms with Crippen LogP contribution in [0.5, 0.6) is 0 Å². The number of hydrogen-bond acceptors (Lipinski definition) is 5. The topological polar surface area (TPSA) is 104 Å². The average Bonchev–Trinajstić information content (AvgIpc) is 3.39. The van der Waals surface area contributed by atoms with Crippen molar-refractivity contribution in [2.24, 2.45) is 5.92 Å². The Balaban J connectivity index is 0.00000280. The van der Waals surface area contributed by atoms with Gasteiger partial charge in [0.05, 0.1) is 12.3 Å². The Labute approximate surface area is 171 Å². The molecule has 3 unspecified atom stereocenters. The highest BCUT2D eigenvalue weighted by Crippen LogP contribution is 2.17. The molecule has 0 saturated carbocycles. The summed E-state index contributed by atoms with van der Waals surface area (Å²) >= 11 is 0. The summed E-state index contributed by atoms with van der Waals surface area (Å²) in [5.74, 6) is -0.0282. The third-order valence-electron chi connectivity index (χ3n) is 5.24. The molecule has 156 valence electrons. The molecule has 0 spiro atoms. The van der Waals surface area contributed by atoms with E-state index in [4.69, 9.17) is 4.42 Å². The van der Waals surface area contributed by atoms with E-state index in [9.17, 15) is 14.4 Å². The summed E-state index contributed by atoms with van der Waals surface area (Å²) < 4.78 is 5.05. The second-order valence-corrected chi connectivity index (χ2v) is 7.36. The van der Waals surface area contributed by atoms with Crippen LogP contribution in [0.1, 0.15) is 43.2 Å². The summed E-state index contributed by atoms with van der Waals surface area (Å²) in [4.78, 5) is 38.6. The molecule has 0 aliphatic carbocycles. The van der Waals surface area contributed by atoms with Gasteiger partial charge >= 0.3 is 0 Å². The van der Waals surface area contributed by atoms with Crippen molar-refractivity contribution in [3.63, 3.8) is 0 Å². The lowest BCUT2D eigenvalue weighted by Gasteiger charge is -2.34. The minimum absolute atomic E-state index is 0. The number of hydrogen-bond donors (Lipinski definition) is 3. The van der Waals surface area contributed by atoms with E-state index in [1.807, 2.05) is 0 Å². The standard InChI is InChI=1S/C19H28N4O4.ClH/c1-13(22-18(25)16-7-4-10-27-16)19(26)23-9-3-5-14(12-23)11-21-17(24)15-6-2-8-20-15;/h4,7,10,13-15,20H,2-3,5-6,8-9,11-12H2,1H3,(H,21,24)(H,22,25);1H. The van der Waals surface area contributed by atoms with Crippen LogP contribution in [0, 0.1) is 5.92 Å². The Morgan fingerprint density at radius 1 is 1.32 bits per heavy atom. The van der Waals surface area contributed by atoms with E-state index in [-0.39, 0.29) is 41.9 Å². The maximum atomic E-state index is 12.7. The zero-order chi connectivity index (χ0) is 19.2. The van der Waals surface area contributed by atoms with E-state index >= 15 is 0 Å². The van der Waals surface area contributed by atoms with Crippen molar-refractivity contribution >= 4 is 30.1 Å². The number of piperidine rings is 1. The lowest BCUT2D eigenvalue weighted by atomic mass is 9.97. The summed E-state index contributed by atoms with van der Waals surface area (Å²) in [6, 6.07) is 2.49. The second-order valence-electron chi connectivity index (χ2n) is 7.36. The van der Waals surface area contributed by atoms with Crippen LogP contribution in [0.3, 0.4) is 0 Å². The molecule has 3 amide bonds. The van der Waals surface area contributed by atoms with Gasteiger partial charge in [-0.25, -0.2) is 0 Å². The molecule has 1 aromatic heterocycles. The van der Waals surface area contributed by atoms with Crippen LogP contribution < -0.4 is 16.0 Å². The van der Waals surface area contributed by atoms with E-state index in [1.165, 1.54) is 6.26 Å². The first-order valence-corrected chi connectivity index (χ1v) is 9.69. The highest BCUT2D eigenvalue weighted by Gasteiger charge is 2.29. The van der Waals surface area contributed by atoms with Crippen molar-refractivity contribution in [2.75, 3.05) is 26.2 Å². The van der Waals surface area contributed by atoms with Crippen molar-refractivity contribution in [2.45, 2.75) is 44.7 Å². The molecule has 2 saturated heterocycles. The van der Waals surface area contributed by atoms with E-state index in [1.54, 1.807) is 24.0 Å². The number of nitrogens with zero attached hydrogens (tertiary/aromatic N) is 1. The van der Waals surface area contributed by atoms with Gasteiger partial charge in [-0.2, -0.15) is 0 Å². The predicted octanol–water partition coefficient (Wildman–Crippen LogP) is 0.927. The molecular weight excluding hydrogens is 384 g/mol. The Kier molecular flexibility index (Phi) is 8.32. The van der Waals surface area contributed by atoms with Crippen LogP contribution in [-0.2, 0) is 9.59 Å². The van der Waals surface area contributed by atoms with Crippen molar-refractivity contribution in [1.29, 1.82) is 0 Å². The van der Waals surface area contributed by atoms with Crippen molar-refractivity contribution in [1.82, 2.24) is 20.9 Å². The number of rotatable bonds is 6. The maximum Gasteiger partial charge on any atom is 0.287 e. The van der Waals surface area contributed by atoms with Gasteiger partial charge in [0.25, 0.3) is 5.91 Å². The van der Waals surface area contributed by atoms with E-state index < -0.39 is 11.9 Å². The van der Waals surface area contributed by atoms with Crippen molar-refractivity contribution in [3.8, 4) is 0 Å². The van der Waals surface area contributed by atoms with Gasteiger partial charge in [-0.15, -0.1) is 12.4 Å². The highest BCUT2D eigenvalue weighted by atomic mass is 35.5. The molecule has 0 radical (unpaired) electrons. The Morgan fingerprint density at radius 2 is 2.14 bits per heavy atom. The highest BCUT2D eigenvalue weighted by molar-refractivity contribution is 5.95. The van der Waals surface area contributed by atoms with Gasteiger partial charge < -0.3 is 25.3 Å². The van der Waals surface area contributed by atoms with Crippen molar-refractivity contribution < 1.29 is 18.8 Å². The summed E-state index contributed by atoms with van der Waals surface area (Å²) in [5.41, 5.74) is 0. The molecule has 9 heteroatoms. The van der Waals surface area contributed by atoms with Crippen LogP contribution in [0.2, 0.25) is 0 Å². The first kappa shape index (κ1) is 22.2. The molecule has 3 heterocycles. The van der Waals surface area contributed by atoms with Gasteiger partial charge in [0.2, 0.25) is 11.8 Å². The molecule has 3 N–H and O–H groups in total. The van der Waals surface area contributed by atoms with Gasteiger partial charge in [-0.3, -0.25) is 14.4 Å². The third-order valence-corrected chi connectivity index (χ3v) is 5.24. The Bertz CT molecular complexity index is 661. The lowest BCUT2D eigenvalue weighted by Crippen LogP contribution is -2.51. The number of carbonyl (C=O) groups excluding carboxylic acids is 3. The SMILES string of the molecule is CC(NC(=O)c1ccco1)C(=O)N1CCCC(CNC(=O)C2CCCN2)C1.Cl. The molecule has 8 nitrogen and oxygen atoms in total. The zero-order valence-corrected chi connectivity index (χ0v) is 16.9. The minimum Gasteiger partial charge on any atom is -0.459 e. The molecule has 0 bridgehead atoms. The summed E-state index contributed by atoms with van der Waals surface area (Å²) in [7, 11) is 0. The summed E-state index contributed by atoms with van der Waals surface area (Å²) in [6.07, 6.45) is 5.22. The fraction of sp³-hybridized carbons (Fsp3) is 0.632. The molecule has 3 atom stereocenters. The first-order valence-electron chi connectivity index (χ1n) is 9.69. The smallest absolute Gasteiger partial charge is 0.287 e. The number of carbonyl (C=O) groups is 3. The van der Waals surface area contributed by atoms with Gasteiger partial charge in [-0.1, -0.05) is 0 Å². The number of amides is 3. The number of furan rings is 1. The molecule has 1 aromatic rings. The predicted molar refractivity (Wildman–Crippen MR) is 106 cm³/mol. The van der Waals surface area contributed by atoms with Gasteiger partial charge in [0.15, 0.2) is 5.76 Å². The molecule has 0 aromatic carbocycles. The van der Waals surface area contributed by atoms with E-state index in [0.29, 0.717) is 19.6 Å². The summed E-state index contributed by atoms with van der Waals surface area (Å²) in [5, 5.41) is 8.88. The molecular formula is C19H29ClN4O4. The monoisotopic (exact) mass is 412 g/mol. The number of halogens is 1. The van der Waals surface area contributed by atoms with Gasteiger partial charge in [0, 0.05) is 19.6 Å². The van der Waals surface area contributed by atoms with Crippen LogP contribution >= 0.6 is 12.4 Å². The quantitative estimate of drug-likeness (QED) is 0.644. The van der Waals surface area contributed by atoms with Crippen LogP contribution in [0.4, 0.5) is 0 Å². The molecule has 2 aliphatic rings. The second kappa shape index (κ2) is 10.5. The van der Waals surface area contributed by atoms with Crippen LogP contribution in [-0.4, -0.2) is 60.9 Å². The van der Waals surface area contributed by atoms with Gasteiger partial charge in [0.1, 0.15) is 6.04 Å². The number of nitrogens with one attached hydrogen (secondary N) is 3. The third kappa shape index (κ3) is 5.72. The largest absolute Gasteiger partial charge is 0.459 e. The lowest BCUT2D eigenvalue weighted by molar-refractivity contribution is -0.134. The summed E-state index contributed by atoms with van der Waals surface area (Å²) in [6.45, 7) is 4.42. The zero-order valence-electron chi connectivity index (χ0n) is 16.1. The minimum atomic E-state index is -0.626. The van der Waals surface area contributed by atoms with Crippen molar-refractivity contribution in [3.05, 3.63) is 24.2 Å². The molecule has 2 aliphatic heterocycles. The fourth-order valence-corrected chi connectivity index (χ4v) is 3.72. The van der Waals surface area contributed by atoms with Gasteiger partial charge in [-0.05, 0) is 57.2 Å². The van der Waals surface area contributed by atoms with Crippen LogP contribution in [0.25, 0.3) is 0 Å². The fourth-order valence-electron chi connectivity index (χ4n) is 3.72. The van der Waals surface area contributed by atoms with E-state index in [2.05, 4.69) is 16.0 Å². The maximum absolute atomic E-state index is 12.7. The molecule has 2 fully saturated rings. The Morgan fingerprint density at radius 3 is 2.82 bits per heavy atom.